The van der Waals surface area contributed by atoms with E-state index in [1.807, 2.05) is 36.4 Å². The Balaban J connectivity index is 2.20. The third kappa shape index (κ3) is 1.37. The number of benzene rings is 2. The summed E-state index contributed by atoms with van der Waals surface area (Å²) in [4.78, 5) is 2.16. The van der Waals surface area contributed by atoms with Crippen LogP contribution in [-0.2, 0) is 17.6 Å². The number of fused-ring (bicyclic) bond motifs is 2. The van der Waals surface area contributed by atoms with Gasteiger partial charge in [-0.1, -0.05) is 36.4 Å². The fraction of sp³-hybridized carbons (Fsp3) is 0.0769. The molecule has 1 N–H and O–H groups in total. The van der Waals surface area contributed by atoms with Gasteiger partial charge in [0.05, 0.1) is 0 Å². The lowest BCUT2D eigenvalue weighted by Gasteiger charge is -2.14. The molecule has 0 saturated heterocycles. The van der Waals surface area contributed by atoms with Crippen molar-refractivity contribution in [3.05, 3.63) is 59.7 Å². The van der Waals surface area contributed by atoms with Gasteiger partial charge in [-0.25, -0.2) is 0 Å². The molecule has 0 spiro atoms. The summed E-state index contributed by atoms with van der Waals surface area (Å²) in [5, 5.41) is 0. The first kappa shape index (κ1) is 9.01. The molecule has 2 aromatic carbocycles. The van der Waals surface area contributed by atoms with Crippen LogP contribution in [0.15, 0.2) is 58.3 Å². The SMILES string of the molecule is O[S+]1c2ccccc2Cc2ccccc21. The van der Waals surface area contributed by atoms with Crippen LogP contribution in [0.4, 0.5) is 0 Å². The molecule has 74 valence electrons. The molecule has 1 aliphatic rings. The summed E-state index contributed by atoms with van der Waals surface area (Å²) in [6, 6.07) is 16.3. The van der Waals surface area contributed by atoms with Gasteiger partial charge < -0.3 is 0 Å². The minimum Gasteiger partial charge on any atom is -0.176 e. The largest absolute Gasteiger partial charge is 0.220 e. The minimum absolute atomic E-state index is 0.740. The zero-order valence-corrected chi connectivity index (χ0v) is 9.00. The van der Waals surface area contributed by atoms with Crippen LogP contribution in [0.2, 0.25) is 0 Å². The zero-order valence-electron chi connectivity index (χ0n) is 8.18. The summed E-state index contributed by atoms with van der Waals surface area (Å²) < 4.78 is 10.2. The molecule has 0 atom stereocenters. The van der Waals surface area contributed by atoms with Gasteiger partial charge in [-0.05, 0) is 12.1 Å². The van der Waals surface area contributed by atoms with E-state index in [4.69, 9.17) is 0 Å². The Hall–Kier alpha value is -1.25. The van der Waals surface area contributed by atoms with Crippen LogP contribution >= 0.6 is 0 Å². The predicted molar refractivity (Wildman–Crippen MR) is 62.2 cm³/mol. The van der Waals surface area contributed by atoms with E-state index in [1.54, 1.807) is 0 Å². The van der Waals surface area contributed by atoms with Crippen molar-refractivity contribution in [2.75, 3.05) is 0 Å². The van der Waals surface area contributed by atoms with Gasteiger partial charge in [-0.2, -0.15) is 4.55 Å². The molecule has 3 rings (SSSR count). The molecule has 0 amide bonds. The summed E-state index contributed by atoms with van der Waals surface area (Å²) >= 11 is -0.740. The Morgan fingerprint density at radius 1 is 0.800 bits per heavy atom. The van der Waals surface area contributed by atoms with Crippen molar-refractivity contribution in [2.45, 2.75) is 16.2 Å². The fourth-order valence-corrected chi connectivity index (χ4v) is 3.43. The van der Waals surface area contributed by atoms with Crippen LogP contribution in [-0.4, -0.2) is 4.55 Å². The molecule has 0 saturated carbocycles. The minimum atomic E-state index is -0.740. The van der Waals surface area contributed by atoms with E-state index in [0.717, 1.165) is 16.2 Å². The van der Waals surface area contributed by atoms with Crippen molar-refractivity contribution in [3.63, 3.8) is 0 Å². The van der Waals surface area contributed by atoms with Crippen LogP contribution < -0.4 is 0 Å². The molecule has 0 bridgehead atoms. The number of rotatable bonds is 0. The Bertz CT molecular complexity index is 462. The summed E-state index contributed by atoms with van der Waals surface area (Å²) in [6.07, 6.45) is 0.941. The third-order valence-corrected chi connectivity index (χ3v) is 4.37. The van der Waals surface area contributed by atoms with Crippen molar-refractivity contribution >= 4 is 11.2 Å². The molecule has 0 aliphatic carbocycles. The van der Waals surface area contributed by atoms with Crippen LogP contribution in [0.5, 0.6) is 0 Å². The van der Waals surface area contributed by atoms with Gasteiger partial charge >= 0.3 is 0 Å². The lowest BCUT2D eigenvalue weighted by atomic mass is 10.0. The predicted octanol–water partition coefficient (Wildman–Crippen LogP) is 3.10. The Kier molecular flexibility index (Phi) is 2.04. The second-order valence-corrected chi connectivity index (χ2v) is 5.13. The van der Waals surface area contributed by atoms with Gasteiger partial charge in [-0.15, -0.1) is 0 Å². The van der Waals surface area contributed by atoms with E-state index >= 15 is 0 Å². The molecular weight excluding hydrogens is 204 g/mol. The first-order valence-electron chi connectivity index (χ1n) is 4.95. The van der Waals surface area contributed by atoms with E-state index in [1.165, 1.54) is 11.1 Å². The van der Waals surface area contributed by atoms with Gasteiger partial charge in [-0.3, -0.25) is 0 Å². The van der Waals surface area contributed by atoms with E-state index in [9.17, 15) is 4.55 Å². The summed E-state index contributed by atoms with van der Waals surface area (Å²) in [5.41, 5.74) is 2.50. The third-order valence-electron chi connectivity index (χ3n) is 2.74. The molecule has 0 radical (unpaired) electrons. The average Bonchev–Trinajstić information content (AvgIpc) is 2.30. The Morgan fingerprint density at radius 2 is 1.27 bits per heavy atom. The van der Waals surface area contributed by atoms with Gasteiger partial charge in [0, 0.05) is 17.5 Å². The molecule has 2 heteroatoms. The normalized spacial score (nSPS) is 14.5. The first-order chi connectivity index (χ1) is 7.36. The molecule has 15 heavy (non-hydrogen) atoms. The highest BCUT2D eigenvalue weighted by Gasteiger charge is 2.33. The van der Waals surface area contributed by atoms with Crippen LogP contribution in [0.1, 0.15) is 11.1 Å². The number of hydrogen-bond acceptors (Lipinski definition) is 1. The smallest absolute Gasteiger partial charge is 0.176 e. The summed E-state index contributed by atoms with van der Waals surface area (Å²) in [7, 11) is 0. The Labute approximate surface area is 91.9 Å². The lowest BCUT2D eigenvalue weighted by Crippen LogP contribution is -2.13. The molecule has 1 nitrogen and oxygen atoms in total. The van der Waals surface area contributed by atoms with E-state index < -0.39 is 11.2 Å². The van der Waals surface area contributed by atoms with E-state index in [0.29, 0.717) is 0 Å². The molecule has 0 unspecified atom stereocenters. The fourth-order valence-electron chi connectivity index (χ4n) is 2.00. The highest BCUT2D eigenvalue weighted by atomic mass is 32.2. The van der Waals surface area contributed by atoms with Gasteiger partial charge in [0.2, 0.25) is 11.2 Å². The maximum atomic E-state index is 10.2. The van der Waals surface area contributed by atoms with Gasteiger partial charge in [0.1, 0.15) is 0 Å². The van der Waals surface area contributed by atoms with Crippen LogP contribution in [0, 0.1) is 0 Å². The van der Waals surface area contributed by atoms with Crippen molar-refractivity contribution in [1.29, 1.82) is 0 Å². The summed E-state index contributed by atoms with van der Waals surface area (Å²) in [5.74, 6) is 0. The van der Waals surface area contributed by atoms with Crippen LogP contribution in [0.25, 0.3) is 0 Å². The van der Waals surface area contributed by atoms with Crippen molar-refractivity contribution < 1.29 is 4.55 Å². The number of hydrogen-bond donors (Lipinski definition) is 1. The highest BCUT2D eigenvalue weighted by molar-refractivity contribution is 7.91. The molecule has 2 aromatic rings. The molecular formula is C13H11OS+. The first-order valence-corrected chi connectivity index (χ1v) is 6.13. The average molecular weight is 215 g/mol. The monoisotopic (exact) mass is 215 g/mol. The topological polar surface area (TPSA) is 20.2 Å². The lowest BCUT2D eigenvalue weighted by molar-refractivity contribution is 0.633. The molecule has 0 fully saturated rings. The maximum absolute atomic E-state index is 10.2. The standard InChI is InChI=1S/C13H11OS/c14-15-12-7-3-1-5-10(12)9-11-6-2-4-8-13(11)15/h1-8,14H,9H2/q+1. The molecule has 0 aromatic heterocycles. The van der Waals surface area contributed by atoms with Gasteiger partial charge in [0.15, 0.2) is 9.79 Å². The second-order valence-electron chi connectivity index (χ2n) is 3.68. The van der Waals surface area contributed by atoms with E-state index in [2.05, 4.69) is 12.1 Å². The van der Waals surface area contributed by atoms with Crippen molar-refractivity contribution in [2.24, 2.45) is 0 Å². The van der Waals surface area contributed by atoms with Gasteiger partial charge in [0.25, 0.3) is 0 Å². The van der Waals surface area contributed by atoms with E-state index in [-0.39, 0.29) is 0 Å². The molecule has 1 aliphatic heterocycles. The zero-order chi connectivity index (χ0) is 10.3. The van der Waals surface area contributed by atoms with Crippen molar-refractivity contribution in [1.82, 2.24) is 0 Å². The van der Waals surface area contributed by atoms with Crippen LogP contribution in [0.3, 0.4) is 0 Å². The highest BCUT2D eigenvalue weighted by Crippen LogP contribution is 2.33. The quantitative estimate of drug-likeness (QED) is 0.669. The summed E-state index contributed by atoms with van der Waals surface area (Å²) in [6.45, 7) is 0. The Morgan fingerprint density at radius 3 is 1.80 bits per heavy atom. The second kappa shape index (κ2) is 3.40. The van der Waals surface area contributed by atoms with Crippen molar-refractivity contribution in [3.8, 4) is 0 Å². The maximum Gasteiger partial charge on any atom is 0.220 e. The molecule has 1 heterocycles.